The summed E-state index contributed by atoms with van der Waals surface area (Å²) in [5.41, 5.74) is 0.955. The predicted molar refractivity (Wildman–Crippen MR) is 93.8 cm³/mol. The second-order valence-corrected chi connectivity index (χ2v) is 5.93. The second-order valence-electron chi connectivity index (χ2n) is 5.93. The zero-order valence-corrected chi connectivity index (χ0v) is 15.3. The minimum Gasteiger partial charge on any atom is -0.493 e. The van der Waals surface area contributed by atoms with Crippen molar-refractivity contribution in [2.24, 2.45) is 0 Å². The number of amides is 4. The molecule has 1 aromatic carbocycles. The number of methoxy groups -OCH3 is 1. The summed E-state index contributed by atoms with van der Waals surface area (Å²) < 4.78 is 10.8. The summed E-state index contributed by atoms with van der Waals surface area (Å²) in [4.78, 5) is 38.9. The molecule has 1 aliphatic rings. The first-order chi connectivity index (χ1) is 12.4. The Morgan fingerprint density at radius 1 is 1.15 bits per heavy atom. The number of rotatable bonds is 9. The lowest BCUT2D eigenvalue weighted by atomic mass is 10.2. The van der Waals surface area contributed by atoms with Crippen molar-refractivity contribution < 1.29 is 28.8 Å². The van der Waals surface area contributed by atoms with E-state index >= 15 is 0 Å². The van der Waals surface area contributed by atoms with E-state index in [0.717, 1.165) is 20.3 Å². The molecule has 0 aliphatic carbocycles. The van der Waals surface area contributed by atoms with Gasteiger partial charge >= 0.3 is 17.8 Å². The van der Waals surface area contributed by atoms with Gasteiger partial charge in [0.1, 0.15) is 6.54 Å². The molecule has 1 atom stereocenters. The molecular weight excluding hydrogens is 338 g/mol. The highest BCUT2D eigenvalue weighted by molar-refractivity contribution is 6.44. The van der Waals surface area contributed by atoms with E-state index in [1.54, 1.807) is 7.11 Å². The van der Waals surface area contributed by atoms with E-state index in [4.69, 9.17) is 9.47 Å². The molecule has 2 rings (SSSR count). The Morgan fingerprint density at radius 2 is 1.85 bits per heavy atom. The average Bonchev–Trinajstić information content (AvgIpc) is 2.81. The number of quaternary nitrogens is 1. The van der Waals surface area contributed by atoms with Crippen LogP contribution in [0.25, 0.3) is 0 Å². The fourth-order valence-corrected chi connectivity index (χ4v) is 2.75. The van der Waals surface area contributed by atoms with Gasteiger partial charge < -0.3 is 14.4 Å². The fourth-order valence-electron chi connectivity index (χ4n) is 2.75. The molecule has 0 spiro atoms. The number of carbonyl (C=O) groups excluding carboxylic acids is 3. The van der Waals surface area contributed by atoms with Gasteiger partial charge in [0.2, 0.25) is 0 Å². The van der Waals surface area contributed by atoms with Gasteiger partial charge in [0, 0.05) is 12.1 Å². The zero-order valence-electron chi connectivity index (χ0n) is 15.3. The van der Waals surface area contributed by atoms with Crippen molar-refractivity contribution in [2.45, 2.75) is 13.5 Å². The largest absolute Gasteiger partial charge is 0.493 e. The first-order valence-corrected chi connectivity index (χ1v) is 8.32. The van der Waals surface area contributed by atoms with Gasteiger partial charge in [-0.15, -0.1) is 6.58 Å². The van der Waals surface area contributed by atoms with Crippen LogP contribution in [0.2, 0.25) is 0 Å². The van der Waals surface area contributed by atoms with Gasteiger partial charge in [0.25, 0.3) is 0 Å². The molecule has 0 aromatic heterocycles. The molecule has 0 bridgehead atoms. The minimum absolute atomic E-state index is 0.0229. The summed E-state index contributed by atoms with van der Waals surface area (Å²) in [5.74, 6) is -0.337. The second kappa shape index (κ2) is 8.48. The third-order valence-electron chi connectivity index (χ3n) is 3.91. The van der Waals surface area contributed by atoms with Gasteiger partial charge in [0.15, 0.2) is 18.2 Å². The van der Waals surface area contributed by atoms with E-state index in [9.17, 15) is 14.4 Å². The maximum atomic E-state index is 12.2. The molecule has 8 nitrogen and oxygen atoms in total. The molecule has 1 aromatic rings. The summed E-state index contributed by atoms with van der Waals surface area (Å²) >= 11 is 0. The van der Waals surface area contributed by atoms with Crippen molar-refractivity contribution in [1.82, 2.24) is 9.80 Å². The van der Waals surface area contributed by atoms with Crippen molar-refractivity contribution in [3.05, 3.63) is 36.4 Å². The monoisotopic (exact) mass is 362 g/mol. The van der Waals surface area contributed by atoms with Crippen molar-refractivity contribution in [2.75, 3.05) is 34.0 Å². The number of nitrogens with zero attached hydrogens (tertiary/aromatic N) is 2. The fraction of sp³-hybridized carbons (Fsp3) is 0.389. The molecule has 140 valence electrons. The molecule has 8 heteroatoms. The summed E-state index contributed by atoms with van der Waals surface area (Å²) in [7, 11) is 3.41. The van der Waals surface area contributed by atoms with Crippen molar-refractivity contribution >= 4 is 17.8 Å². The van der Waals surface area contributed by atoms with Gasteiger partial charge in [-0.25, -0.2) is 9.69 Å². The van der Waals surface area contributed by atoms with Crippen LogP contribution in [0.1, 0.15) is 12.5 Å². The topological polar surface area (TPSA) is 80.6 Å². The number of hydrogen-bond acceptors (Lipinski definition) is 5. The van der Waals surface area contributed by atoms with Gasteiger partial charge in [-0.2, -0.15) is 0 Å². The highest BCUT2D eigenvalue weighted by Crippen LogP contribution is 2.27. The van der Waals surface area contributed by atoms with Crippen LogP contribution in [0, 0.1) is 0 Å². The van der Waals surface area contributed by atoms with Gasteiger partial charge in [-0.3, -0.25) is 14.5 Å². The van der Waals surface area contributed by atoms with Crippen LogP contribution >= 0.6 is 0 Å². The Bertz CT molecular complexity index is 719. The summed E-state index contributed by atoms with van der Waals surface area (Å²) in [6, 6.07) is 4.98. The summed E-state index contributed by atoms with van der Waals surface area (Å²) in [5, 5.41) is 0. The standard InChI is InChI=1S/C18H23N3O5/c1-5-9-20-16(22)17(23)21(18(20)24)12-19(3)11-13-7-8-14(26-6-2)15(10-13)25-4/h5,7-8,10H,1,6,9,11-12H2,2-4H3/p+1. The van der Waals surface area contributed by atoms with E-state index in [-0.39, 0.29) is 13.2 Å². The number of carbonyl (C=O) groups is 3. The Hall–Kier alpha value is -2.87. The smallest absolute Gasteiger partial charge is 0.339 e. The summed E-state index contributed by atoms with van der Waals surface area (Å²) in [6.07, 6.45) is 1.41. The maximum absolute atomic E-state index is 12.2. The van der Waals surface area contributed by atoms with Crippen molar-refractivity contribution in [3.63, 3.8) is 0 Å². The number of nitrogens with one attached hydrogen (secondary N) is 1. The normalized spacial score (nSPS) is 15.4. The Labute approximate surface area is 152 Å². The predicted octanol–water partition coefficient (Wildman–Crippen LogP) is 0.0429. The van der Waals surface area contributed by atoms with Crippen LogP contribution in [0.15, 0.2) is 30.9 Å². The lowest BCUT2D eigenvalue weighted by Crippen LogP contribution is -3.09. The molecule has 1 N–H and O–H groups in total. The maximum Gasteiger partial charge on any atom is 0.339 e. The van der Waals surface area contributed by atoms with E-state index in [0.29, 0.717) is 24.7 Å². The third-order valence-corrected chi connectivity index (χ3v) is 3.91. The van der Waals surface area contributed by atoms with Gasteiger partial charge in [0.05, 0.1) is 20.8 Å². The van der Waals surface area contributed by atoms with Crippen LogP contribution in [0.3, 0.4) is 0 Å². The first-order valence-electron chi connectivity index (χ1n) is 8.32. The van der Waals surface area contributed by atoms with E-state index in [1.165, 1.54) is 6.08 Å². The SMILES string of the molecule is C=CCN1C(=O)C(=O)N(C[NH+](C)Cc2ccc(OCC)c(OC)c2)C1=O. The van der Waals surface area contributed by atoms with Crippen molar-refractivity contribution in [3.8, 4) is 11.5 Å². The van der Waals surface area contributed by atoms with Crippen LogP contribution in [0.5, 0.6) is 11.5 Å². The first kappa shape index (κ1) is 19.5. The number of benzene rings is 1. The van der Waals surface area contributed by atoms with E-state index in [2.05, 4.69) is 6.58 Å². The molecule has 1 fully saturated rings. The van der Waals surface area contributed by atoms with Gasteiger partial charge in [-0.1, -0.05) is 6.08 Å². The van der Waals surface area contributed by atoms with E-state index in [1.807, 2.05) is 32.2 Å². The van der Waals surface area contributed by atoms with Crippen LogP contribution in [-0.2, 0) is 16.1 Å². The molecule has 1 saturated heterocycles. The summed E-state index contributed by atoms with van der Waals surface area (Å²) in [6.45, 7) is 6.58. The minimum atomic E-state index is -0.814. The molecule has 1 aliphatic heterocycles. The van der Waals surface area contributed by atoms with Crippen LogP contribution < -0.4 is 14.4 Å². The van der Waals surface area contributed by atoms with Gasteiger partial charge in [-0.05, 0) is 25.1 Å². The third kappa shape index (κ3) is 4.02. The molecule has 1 heterocycles. The molecule has 4 amide bonds. The number of hydrogen-bond donors (Lipinski definition) is 1. The Kier molecular flexibility index (Phi) is 6.35. The quantitative estimate of drug-likeness (QED) is 0.381. The Balaban J connectivity index is 2.05. The molecule has 26 heavy (non-hydrogen) atoms. The molecule has 0 saturated carbocycles. The van der Waals surface area contributed by atoms with Crippen LogP contribution in [-0.4, -0.2) is 61.6 Å². The number of imide groups is 2. The Morgan fingerprint density at radius 3 is 2.46 bits per heavy atom. The molecule has 0 radical (unpaired) electrons. The zero-order chi connectivity index (χ0) is 19.3. The average molecular weight is 362 g/mol. The lowest BCUT2D eigenvalue weighted by Gasteiger charge is -2.20. The lowest BCUT2D eigenvalue weighted by molar-refractivity contribution is -0.901. The highest BCUT2D eigenvalue weighted by Gasteiger charge is 2.45. The molecule has 1 unspecified atom stereocenters. The highest BCUT2D eigenvalue weighted by atomic mass is 16.5. The number of urea groups is 1. The number of ether oxygens (including phenoxy) is 2. The van der Waals surface area contributed by atoms with E-state index < -0.39 is 17.8 Å². The van der Waals surface area contributed by atoms with Crippen molar-refractivity contribution in [1.29, 1.82) is 0 Å². The molecular formula is C18H24N3O5+. The van der Waals surface area contributed by atoms with Crippen LogP contribution in [0.4, 0.5) is 4.79 Å².